The van der Waals surface area contributed by atoms with Crippen LogP contribution in [0, 0.1) is 10.8 Å². The second kappa shape index (κ2) is 16.5. The standard InChI is InChI=1S/2C24H27.2CH3.2ClH.H2Si.Zr/c2*1-24(14-7-2-3-8-15-24)18-19-16-21-12-9-13-22(23(21)17-19)20-10-5-4-6-11-20;;;;;;/h2*4-6,9-13,16-17H,2-3,7-8,14-15,18H2,1H3;2*1H3;2*1H;1H2;. The molecule has 0 saturated heterocycles. The Morgan fingerprint density at radius 3 is 1.20 bits per heavy atom. The summed E-state index contributed by atoms with van der Waals surface area (Å²) in [6.45, 7) is 7.87. The van der Waals surface area contributed by atoms with Gasteiger partial charge in [0.25, 0.3) is 0 Å². The fourth-order valence-electron chi connectivity index (χ4n) is 11.9. The number of hydrogen-bond acceptors (Lipinski definition) is 0. The molecule has 4 aromatic carbocycles. The summed E-state index contributed by atoms with van der Waals surface area (Å²) < 4.78 is 6.88. The Hall–Kier alpha value is -1.96. The molecule has 2 unspecified atom stereocenters. The van der Waals surface area contributed by atoms with Crippen molar-refractivity contribution in [2.75, 3.05) is 0 Å². The minimum absolute atomic E-state index is 0. The molecule has 2 saturated carbocycles. The Kier molecular flexibility index (Phi) is 12.7. The van der Waals surface area contributed by atoms with E-state index >= 15 is 0 Å². The Morgan fingerprint density at radius 1 is 0.500 bits per heavy atom. The zero-order valence-electron chi connectivity index (χ0n) is 33.5. The monoisotopic (exact) mass is 852 g/mol. The Balaban J connectivity index is 0.00000249. The topological polar surface area (TPSA) is 0 Å². The van der Waals surface area contributed by atoms with Crippen LogP contribution in [0.2, 0.25) is 9.26 Å². The van der Waals surface area contributed by atoms with Gasteiger partial charge in [0.05, 0.1) is 0 Å². The van der Waals surface area contributed by atoms with Gasteiger partial charge in [0, 0.05) is 0 Å². The van der Waals surface area contributed by atoms with Crippen LogP contribution < -0.4 is 0 Å². The van der Waals surface area contributed by atoms with Crippen molar-refractivity contribution in [3.8, 4) is 22.3 Å². The fourth-order valence-corrected chi connectivity index (χ4v) is 31.6. The van der Waals surface area contributed by atoms with E-state index in [4.69, 9.17) is 0 Å². The van der Waals surface area contributed by atoms with E-state index in [9.17, 15) is 0 Å². The van der Waals surface area contributed by atoms with Gasteiger partial charge in [0.1, 0.15) is 0 Å². The van der Waals surface area contributed by atoms with E-state index in [1.165, 1.54) is 123 Å². The molecule has 286 valence electrons. The van der Waals surface area contributed by atoms with Gasteiger partial charge in [-0.1, -0.05) is 0 Å². The van der Waals surface area contributed by atoms with E-state index in [1.807, 2.05) is 0 Å². The smallest absolute Gasteiger partial charge is 0.147 e. The first-order valence-corrected chi connectivity index (χ1v) is 34.6. The van der Waals surface area contributed by atoms with Crippen LogP contribution in [0.3, 0.4) is 0 Å². The van der Waals surface area contributed by atoms with Gasteiger partial charge in [-0.15, -0.1) is 24.8 Å². The fraction of sp³-hybridized carbons (Fsp3) is 0.440. The first kappa shape index (κ1) is 41.7. The number of fused-ring (bicyclic) bond motifs is 2. The maximum atomic E-state index is 2.90. The first-order valence-electron chi connectivity index (χ1n) is 20.9. The van der Waals surface area contributed by atoms with Crippen molar-refractivity contribution in [3.05, 3.63) is 130 Å². The molecule has 8 rings (SSSR count). The largest absolute Gasteiger partial charge is 0.147 e. The van der Waals surface area contributed by atoms with Gasteiger partial charge in [0.2, 0.25) is 0 Å². The predicted octanol–water partition coefficient (Wildman–Crippen LogP) is 15.3. The van der Waals surface area contributed by atoms with E-state index in [1.54, 1.807) is 22.3 Å². The molecule has 0 heterocycles. The Labute approximate surface area is 342 Å². The summed E-state index contributed by atoms with van der Waals surface area (Å²) >= 11 is -3.88. The van der Waals surface area contributed by atoms with Gasteiger partial charge in [0.15, 0.2) is 0 Å². The van der Waals surface area contributed by atoms with Crippen LogP contribution in [-0.4, -0.2) is 6.88 Å². The predicted molar refractivity (Wildman–Crippen MR) is 241 cm³/mol. The maximum absolute atomic E-state index is 3.88. The van der Waals surface area contributed by atoms with E-state index in [-0.39, 0.29) is 24.8 Å². The molecule has 4 heteroatoms. The number of allylic oxidation sites excluding steroid dienone is 2. The van der Waals surface area contributed by atoms with Crippen LogP contribution in [0.1, 0.15) is 133 Å². The minimum atomic E-state index is -3.88. The Bertz CT molecular complexity index is 1910. The third-order valence-electron chi connectivity index (χ3n) is 14.3. The SMILES string of the molecule is CC1(CC2=Cc3c(-c4ccccc4)cccc3[CH]2[Zr]([CH3])([CH3])(=[SiH2])[CH]2C(CC3(C)CCCCCC3)=Cc3c(-c4ccccc4)cccc32)CCCCCC1.Cl.Cl. The zero-order chi connectivity index (χ0) is 36.0. The Morgan fingerprint density at radius 2 is 0.852 bits per heavy atom. The molecule has 0 radical (unpaired) electrons. The molecule has 4 aromatic rings. The van der Waals surface area contributed by atoms with Gasteiger partial charge >= 0.3 is 320 Å². The summed E-state index contributed by atoms with van der Waals surface area (Å²) in [5.41, 5.74) is 16.2. The van der Waals surface area contributed by atoms with Gasteiger partial charge in [-0.05, 0) is 0 Å². The third-order valence-corrected chi connectivity index (χ3v) is 31.8. The zero-order valence-corrected chi connectivity index (χ0v) is 39.0. The molecule has 2 atom stereocenters. The second-order valence-corrected chi connectivity index (χ2v) is 49.9. The van der Waals surface area contributed by atoms with E-state index in [0.717, 1.165) is 0 Å². The van der Waals surface area contributed by atoms with Gasteiger partial charge < -0.3 is 0 Å². The average molecular weight is 855 g/mol. The van der Waals surface area contributed by atoms with Crippen LogP contribution in [0.4, 0.5) is 0 Å². The van der Waals surface area contributed by atoms with Crippen molar-refractivity contribution >= 4 is 43.8 Å². The number of hydrogen-bond donors (Lipinski definition) is 0. The molecule has 0 N–H and O–H groups in total. The molecule has 2 fully saturated rings. The van der Waals surface area contributed by atoms with Crippen molar-refractivity contribution < 1.29 is 17.4 Å². The van der Waals surface area contributed by atoms with Crippen molar-refractivity contribution in [1.82, 2.24) is 0 Å². The van der Waals surface area contributed by atoms with Crippen LogP contribution in [0.5, 0.6) is 0 Å². The molecular weight excluding hydrogens is 791 g/mol. The second-order valence-electron chi connectivity index (χ2n) is 19.4. The summed E-state index contributed by atoms with van der Waals surface area (Å²) in [6.07, 6.45) is 24.7. The molecule has 0 spiro atoms. The molecule has 4 aliphatic carbocycles. The number of halogens is 2. The molecule has 4 aliphatic rings. The molecule has 0 aromatic heterocycles. The van der Waals surface area contributed by atoms with Gasteiger partial charge in [-0.2, -0.15) is 0 Å². The van der Waals surface area contributed by atoms with Crippen LogP contribution >= 0.6 is 24.8 Å². The van der Waals surface area contributed by atoms with Crippen LogP contribution in [0.15, 0.2) is 108 Å². The van der Waals surface area contributed by atoms with Gasteiger partial charge in [-0.3, -0.25) is 0 Å². The summed E-state index contributed by atoms with van der Waals surface area (Å²) in [7, 11) is 0. The van der Waals surface area contributed by atoms with Crippen molar-refractivity contribution in [1.29, 1.82) is 0 Å². The van der Waals surface area contributed by atoms with Crippen molar-refractivity contribution in [2.24, 2.45) is 10.8 Å². The van der Waals surface area contributed by atoms with Crippen molar-refractivity contribution in [3.63, 3.8) is 0 Å². The first-order chi connectivity index (χ1) is 25.0. The molecule has 0 amide bonds. The van der Waals surface area contributed by atoms with E-state index in [0.29, 0.717) is 18.1 Å². The summed E-state index contributed by atoms with van der Waals surface area (Å²) in [4.78, 5) is 0. The normalized spacial score (nSPS) is 21.9. The number of benzene rings is 4. The average Bonchev–Trinajstić information content (AvgIpc) is 3.52. The molecule has 54 heavy (non-hydrogen) atoms. The molecule has 0 bridgehead atoms. The molecule has 0 nitrogen and oxygen atoms in total. The quantitative estimate of drug-likeness (QED) is 0.122. The van der Waals surface area contributed by atoms with Crippen LogP contribution in [0.25, 0.3) is 34.4 Å². The third kappa shape index (κ3) is 8.08. The summed E-state index contributed by atoms with van der Waals surface area (Å²) in [5.74, 6) is 0. The molecular formula is C50H64Cl2SiZr. The van der Waals surface area contributed by atoms with Crippen LogP contribution in [-0.2, 0) is 17.4 Å². The summed E-state index contributed by atoms with van der Waals surface area (Å²) in [6, 6.07) is 37.2. The van der Waals surface area contributed by atoms with E-state index in [2.05, 4.69) is 139 Å². The van der Waals surface area contributed by atoms with Crippen molar-refractivity contribution in [2.45, 2.75) is 120 Å². The number of rotatable bonds is 8. The maximum Gasteiger partial charge on any atom is -0.147 e. The van der Waals surface area contributed by atoms with E-state index < -0.39 is 17.4 Å². The van der Waals surface area contributed by atoms with Gasteiger partial charge in [-0.25, -0.2) is 0 Å². The summed E-state index contributed by atoms with van der Waals surface area (Å²) in [5, 5.41) is 0. The molecule has 0 aliphatic heterocycles. The minimum Gasteiger partial charge on any atom is -0.147 e.